The van der Waals surface area contributed by atoms with Crippen LogP contribution >= 0.6 is 11.3 Å². The molecule has 16 nitrogen and oxygen atoms in total. The van der Waals surface area contributed by atoms with Crippen molar-refractivity contribution in [3.8, 4) is 16.3 Å². The lowest BCUT2D eigenvalue weighted by atomic mass is 10.0. The molecule has 2 aromatic rings. The summed E-state index contributed by atoms with van der Waals surface area (Å²) in [5.41, 5.74) is 5.54. The molecule has 0 spiro atoms. The van der Waals surface area contributed by atoms with Crippen molar-refractivity contribution in [3.05, 3.63) is 47.5 Å². The van der Waals surface area contributed by atoms with E-state index in [9.17, 15) is 32.4 Å². The Bertz CT molecular complexity index is 1900. The van der Waals surface area contributed by atoms with Crippen LogP contribution in [0.1, 0.15) is 87.5 Å². The molecule has 0 bridgehead atoms. The predicted octanol–water partition coefficient (Wildman–Crippen LogP) is 3.08. The van der Waals surface area contributed by atoms with Gasteiger partial charge < -0.3 is 35.8 Å². The monoisotopic (exact) mass is 800 g/mol. The first-order valence-corrected chi connectivity index (χ1v) is 21.2. The number of nitrogens with zero attached hydrogens (tertiary/aromatic N) is 2. The zero-order valence-corrected chi connectivity index (χ0v) is 32.1. The van der Waals surface area contributed by atoms with Gasteiger partial charge in [-0.3, -0.25) is 19.1 Å². The molecule has 1 aromatic carbocycles. The molecule has 3 fully saturated rings. The van der Waals surface area contributed by atoms with Crippen LogP contribution in [0.3, 0.4) is 0 Å². The number of carbonyl (C=O) groups is 5. The van der Waals surface area contributed by atoms with Crippen molar-refractivity contribution in [2.45, 2.75) is 106 Å². The second-order valence-corrected chi connectivity index (χ2v) is 17.4. The number of aromatic carboxylic acids is 1. The van der Waals surface area contributed by atoms with Crippen molar-refractivity contribution in [3.63, 3.8) is 0 Å². The molecule has 18 heteroatoms. The first kappa shape index (κ1) is 40.1. The van der Waals surface area contributed by atoms with Gasteiger partial charge in [-0.1, -0.05) is 37.1 Å². The maximum Gasteiger partial charge on any atom is 0.407 e. The highest BCUT2D eigenvalue weighted by atomic mass is 32.2. The predicted molar refractivity (Wildman–Crippen MR) is 202 cm³/mol. The number of carboxylic acids is 1. The molecule has 6 N–H and O–H groups in total. The fourth-order valence-corrected chi connectivity index (χ4v) is 9.13. The molecule has 4 amide bonds. The average molecular weight is 801 g/mol. The van der Waals surface area contributed by atoms with Crippen LogP contribution in [-0.2, 0) is 29.1 Å². The number of alkyl carbamates (subject to hydrolysis) is 1. The Kier molecular flexibility index (Phi) is 12.8. The van der Waals surface area contributed by atoms with Crippen molar-refractivity contribution in [2.75, 3.05) is 19.8 Å². The van der Waals surface area contributed by atoms with E-state index in [2.05, 4.69) is 20.3 Å². The van der Waals surface area contributed by atoms with E-state index in [1.807, 2.05) is 24.3 Å². The third-order valence-corrected chi connectivity index (χ3v) is 13.0. The van der Waals surface area contributed by atoms with Gasteiger partial charge >= 0.3 is 12.1 Å². The summed E-state index contributed by atoms with van der Waals surface area (Å²) in [6, 6.07) is 4.76. The SMILES string of the molecule is N[C@@H]1C[C@H]2C(=O)N[C@]3(C(=O)NS(=O)(=O)C4CC4)C[C@H]3/C=C\CCCCC[C@H](NC(=O)OCCCCCOc3cccc(-c4nc(C(=O)O)cs4)c3)C(=O)N2C1. The van der Waals surface area contributed by atoms with E-state index < -0.39 is 74.6 Å². The number of hydrogen-bond acceptors (Lipinski definition) is 12. The molecule has 0 radical (unpaired) electrons. The molecule has 298 valence electrons. The molecule has 2 aliphatic heterocycles. The zero-order chi connectivity index (χ0) is 39.2. The fourth-order valence-electron chi connectivity index (χ4n) is 6.98. The molecule has 55 heavy (non-hydrogen) atoms. The third kappa shape index (κ3) is 10.2. The van der Waals surface area contributed by atoms with Gasteiger partial charge in [0.25, 0.3) is 5.91 Å². The summed E-state index contributed by atoms with van der Waals surface area (Å²) >= 11 is 1.24. The van der Waals surface area contributed by atoms with Crippen molar-refractivity contribution < 1.29 is 47.0 Å². The van der Waals surface area contributed by atoms with Gasteiger partial charge in [0.05, 0.1) is 18.5 Å². The lowest BCUT2D eigenvalue weighted by Gasteiger charge is -2.30. The van der Waals surface area contributed by atoms with Crippen molar-refractivity contribution in [1.82, 2.24) is 25.2 Å². The summed E-state index contributed by atoms with van der Waals surface area (Å²) in [6.07, 6.45) is 9.53. The van der Waals surface area contributed by atoms with E-state index in [0.29, 0.717) is 68.7 Å². The fraction of sp³-hybridized carbons (Fsp3) is 0.568. The first-order chi connectivity index (χ1) is 26.4. The van der Waals surface area contributed by atoms with Gasteiger partial charge in [-0.05, 0) is 76.3 Å². The van der Waals surface area contributed by atoms with E-state index in [-0.39, 0.29) is 31.7 Å². The number of benzene rings is 1. The number of unbranched alkanes of at least 4 members (excludes halogenated alkanes) is 2. The molecular formula is C37H48N6O10S2. The number of aromatic nitrogens is 1. The highest BCUT2D eigenvalue weighted by Crippen LogP contribution is 2.46. The molecule has 4 aliphatic rings. The minimum Gasteiger partial charge on any atom is -0.494 e. The largest absolute Gasteiger partial charge is 0.494 e. The molecule has 6 rings (SSSR count). The second-order valence-electron chi connectivity index (χ2n) is 14.6. The number of nitrogens with two attached hydrogens (primary N) is 1. The van der Waals surface area contributed by atoms with Crippen LogP contribution < -0.4 is 25.8 Å². The van der Waals surface area contributed by atoms with Crippen molar-refractivity contribution >= 4 is 51.1 Å². The molecule has 2 saturated carbocycles. The maximum absolute atomic E-state index is 14.0. The quantitative estimate of drug-likeness (QED) is 0.145. The minimum absolute atomic E-state index is 0.00646. The van der Waals surface area contributed by atoms with E-state index in [1.165, 1.54) is 21.6 Å². The summed E-state index contributed by atoms with van der Waals surface area (Å²) in [4.78, 5) is 70.7. The Morgan fingerprint density at radius 3 is 2.65 bits per heavy atom. The Labute approximate surface area is 323 Å². The molecule has 2 aliphatic carbocycles. The maximum atomic E-state index is 14.0. The highest BCUT2D eigenvalue weighted by Gasteiger charge is 2.62. The summed E-state index contributed by atoms with van der Waals surface area (Å²) in [6.45, 7) is 0.608. The second kappa shape index (κ2) is 17.5. The Morgan fingerprint density at radius 1 is 1.09 bits per heavy atom. The van der Waals surface area contributed by atoms with Gasteiger partial charge in [-0.25, -0.2) is 23.0 Å². The number of carbonyl (C=O) groups excluding carboxylic acids is 4. The summed E-state index contributed by atoms with van der Waals surface area (Å²) in [5, 5.41) is 16.1. The number of sulfonamides is 1. The van der Waals surface area contributed by atoms with Gasteiger partial charge in [-0.15, -0.1) is 11.3 Å². The van der Waals surface area contributed by atoms with Gasteiger partial charge in [0.2, 0.25) is 21.8 Å². The van der Waals surface area contributed by atoms with E-state index in [0.717, 1.165) is 18.4 Å². The molecule has 5 atom stereocenters. The number of thiazole rings is 1. The number of ether oxygens (including phenoxy) is 2. The lowest BCUT2D eigenvalue weighted by molar-refractivity contribution is -0.141. The van der Waals surface area contributed by atoms with E-state index in [1.54, 1.807) is 12.1 Å². The molecule has 1 aromatic heterocycles. The Balaban J connectivity index is 0.992. The number of rotatable bonds is 13. The highest BCUT2D eigenvalue weighted by molar-refractivity contribution is 7.91. The summed E-state index contributed by atoms with van der Waals surface area (Å²) < 4.78 is 38.7. The molecule has 1 saturated heterocycles. The van der Waals surface area contributed by atoms with Gasteiger partial charge in [-0.2, -0.15) is 0 Å². The number of carboxylic acid groups (broad SMARTS) is 1. The van der Waals surface area contributed by atoms with Gasteiger partial charge in [0.1, 0.15) is 28.4 Å². The zero-order valence-electron chi connectivity index (χ0n) is 30.4. The van der Waals surface area contributed by atoms with Crippen LogP contribution in [0, 0.1) is 5.92 Å². The smallest absolute Gasteiger partial charge is 0.407 e. The third-order valence-electron chi connectivity index (χ3n) is 10.3. The number of hydrogen-bond donors (Lipinski definition) is 5. The van der Waals surface area contributed by atoms with Crippen LogP contribution in [0.5, 0.6) is 5.75 Å². The summed E-state index contributed by atoms with van der Waals surface area (Å²) in [7, 11) is -3.85. The van der Waals surface area contributed by atoms with E-state index in [4.69, 9.17) is 20.3 Å². The van der Waals surface area contributed by atoms with Crippen LogP contribution in [0.2, 0.25) is 0 Å². The standard InChI is InChI=1S/C37H48N6O10S2/c38-25-19-30-31(44)41-37(35(48)42-55(50,51)27-14-15-27)20-24(37)11-5-2-1-3-6-13-28(33(45)43(30)21-25)40-36(49)53-17-8-4-7-16-52-26-12-9-10-23(18-26)32-39-29(22-54-32)34(46)47/h5,9-12,18,22,24-25,27-28,30H,1-4,6-8,13-17,19-21,38H2,(H,40,49)(H,41,44)(H,42,48)(H,46,47)/b11-5-/t24-,25-,28+,30+,37-/m1/s1. The number of allylic oxidation sites excluding steroid dienone is 1. The van der Waals surface area contributed by atoms with Crippen molar-refractivity contribution in [1.29, 1.82) is 0 Å². The van der Waals surface area contributed by atoms with Crippen LogP contribution in [-0.4, -0.2) is 102 Å². The molecule has 3 heterocycles. The molecule has 0 unspecified atom stereocenters. The van der Waals surface area contributed by atoms with Crippen LogP contribution in [0.15, 0.2) is 41.8 Å². The average Bonchev–Trinajstić information content (AvgIpc) is 4.03. The summed E-state index contributed by atoms with van der Waals surface area (Å²) in [5.74, 6) is -2.70. The Morgan fingerprint density at radius 2 is 1.89 bits per heavy atom. The van der Waals surface area contributed by atoms with Gasteiger partial charge in [0.15, 0.2) is 5.69 Å². The number of amides is 4. The van der Waals surface area contributed by atoms with Gasteiger partial charge in [0, 0.05) is 29.4 Å². The topological polar surface area (TPSA) is 236 Å². The number of nitrogens with one attached hydrogen (secondary N) is 3. The normalized spacial score (nSPS) is 26.3. The van der Waals surface area contributed by atoms with Crippen LogP contribution in [0.25, 0.3) is 10.6 Å². The van der Waals surface area contributed by atoms with Crippen molar-refractivity contribution in [2.24, 2.45) is 11.7 Å². The van der Waals surface area contributed by atoms with Crippen LogP contribution in [0.4, 0.5) is 4.79 Å². The number of fused-ring (bicyclic) bond motifs is 2. The lowest BCUT2D eigenvalue weighted by Crippen LogP contribution is -2.58. The Hall–Kier alpha value is -4.55. The molecular weight excluding hydrogens is 753 g/mol. The van der Waals surface area contributed by atoms with E-state index >= 15 is 0 Å². The minimum atomic E-state index is -3.85. The first-order valence-electron chi connectivity index (χ1n) is 18.8.